The van der Waals surface area contributed by atoms with Crippen LogP contribution >= 0.6 is 27.3 Å². The van der Waals surface area contributed by atoms with Crippen LogP contribution in [0.5, 0.6) is 0 Å². The van der Waals surface area contributed by atoms with Crippen molar-refractivity contribution >= 4 is 27.3 Å². The molecule has 18 heavy (non-hydrogen) atoms. The Morgan fingerprint density at radius 1 is 1.44 bits per heavy atom. The van der Waals surface area contributed by atoms with Gasteiger partial charge in [-0.2, -0.15) is 5.10 Å². The fourth-order valence-corrected chi connectivity index (χ4v) is 3.60. The van der Waals surface area contributed by atoms with Gasteiger partial charge in [-0.1, -0.05) is 0 Å². The minimum atomic E-state index is 0.0430. The number of hydrogen-bond donors (Lipinski definition) is 1. The van der Waals surface area contributed by atoms with Crippen LogP contribution in [-0.2, 0) is 13.0 Å². The van der Waals surface area contributed by atoms with Gasteiger partial charge in [0.1, 0.15) is 0 Å². The summed E-state index contributed by atoms with van der Waals surface area (Å²) < 4.78 is 3.21. The monoisotopic (exact) mass is 327 g/mol. The van der Waals surface area contributed by atoms with Crippen molar-refractivity contribution in [1.82, 2.24) is 9.78 Å². The molecule has 0 radical (unpaired) electrons. The van der Waals surface area contributed by atoms with Crippen LogP contribution in [0.25, 0.3) is 0 Å². The van der Waals surface area contributed by atoms with E-state index in [1.807, 2.05) is 11.6 Å². The van der Waals surface area contributed by atoms with Crippen LogP contribution in [0, 0.1) is 13.8 Å². The first-order valence-corrected chi connectivity index (χ1v) is 7.67. The van der Waals surface area contributed by atoms with Gasteiger partial charge < -0.3 is 5.73 Å². The van der Waals surface area contributed by atoms with E-state index in [-0.39, 0.29) is 6.04 Å². The molecule has 1 unspecified atom stereocenters. The average molecular weight is 328 g/mol. The maximum absolute atomic E-state index is 6.29. The first kappa shape index (κ1) is 13.8. The van der Waals surface area contributed by atoms with E-state index in [0.717, 1.165) is 18.7 Å². The van der Waals surface area contributed by atoms with Crippen LogP contribution in [-0.4, -0.2) is 9.78 Å². The minimum absolute atomic E-state index is 0.0430. The van der Waals surface area contributed by atoms with E-state index >= 15 is 0 Å². The quantitative estimate of drug-likeness (QED) is 0.932. The lowest BCUT2D eigenvalue weighted by molar-refractivity contribution is 0.590. The molecule has 0 bridgehead atoms. The molecule has 5 heteroatoms. The number of hydrogen-bond acceptors (Lipinski definition) is 3. The van der Waals surface area contributed by atoms with Crippen molar-refractivity contribution in [3.05, 3.63) is 37.7 Å². The molecule has 0 amide bonds. The minimum Gasteiger partial charge on any atom is -0.323 e. The molecule has 2 aromatic rings. The van der Waals surface area contributed by atoms with Gasteiger partial charge in [0.2, 0.25) is 0 Å². The molecule has 2 rings (SSSR count). The van der Waals surface area contributed by atoms with Crippen molar-refractivity contribution in [3.63, 3.8) is 0 Å². The standard InChI is InChI=1S/C13H18BrN3S/c1-4-17-10(6-9(3)16-17)7-11(15)12-5-8(2)13(14)18-12/h5-6,11H,4,7,15H2,1-3H3. The van der Waals surface area contributed by atoms with E-state index in [1.54, 1.807) is 11.3 Å². The average Bonchev–Trinajstić information content (AvgIpc) is 2.83. The second-order valence-electron chi connectivity index (χ2n) is 4.51. The van der Waals surface area contributed by atoms with Crippen LogP contribution in [0.2, 0.25) is 0 Å². The van der Waals surface area contributed by atoms with E-state index in [9.17, 15) is 0 Å². The van der Waals surface area contributed by atoms with Crippen molar-refractivity contribution in [2.24, 2.45) is 5.73 Å². The molecule has 3 nitrogen and oxygen atoms in total. The van der Waals surface area contributed by atoms with Crippen LogP contribution in [0.3, 0.4) is 0 Å². The fourth-order valence-electron chi connectivity index (χ4n) is 2.03. The van der Waals surface area contributed by atoms with E-state index in [4.69, 9.17) is 5.73 Å². The molecule has 2 aromatic heterocycles. The van der Waals surface area contributed by atoms with Gasteiger partial charge in [0.25, 0.3) is 0 Å². The molecule has 1 atom stereocenters. The Hall–Kier alpha value is -0.650. The zero-order chi connectivity index (χ0) is 13.3. The summed E-state index contributed by atoms with van der Waals surface area (Å²) in [6.07, 6.45) is 0.834. The van der Waals surface area contributed by atoms with Crippen molar-refractivity contribution < 1.29 is 0 Å². The third-order valence-corrected chi connectivity index (χ3v) is 5.22. The van der Waals surface area contributed by atoms with Crippen LogP contribution in [0.15, 0.2) is 15.9 Å². The van der Waals surface area contributed by atoms with Gasteiger partial charge in [-0.05, 0) is 54.4 Å². The zero-order valence-electron chi connectivity index (χ0n) is 10.9. The Balaban J connectivity index is 2.17. The summed E-state index contributed by atoms with van der Waals surface area (Å²) in [6.45, 7) is 7.11. The van der Waals surface area contributed by atoms with Gasteiger partial charge >= 0.3 is 0 Å². The Morgan fingerprint density at radius 2 is 2.17 bits per heavy atom. The van der Waals surface area contributed by atoms with Gasteiger partial charge in [0.15, 0.2) is 0 Å². The number of nitrogens with two attached hydrogens (primary N) is 1. The molecular weight excluding hydrogens is 310 g/mol. The van der Waals surface area contributed by atoms with Crippen molar-refractivity contribution in [2.45, 2.75) is 39.8 Å². The SMILES string of the molecule is CCn1nc(C)cc1CC(N)c1cc(C)c(Br)s1. The number of aryl methyl sites for hydroxylation is 3. The van der Waals surface area contributed by atoms with E-state index < -0.39 is 0 Å². The summed E-state index contributed by atoms with van der Waals surface area (Å²) in [7, 11) is 0. The lowest BCUT2D eigenvalue weighted by Gasteiger charge is -2.10. The molecule has 0 spiro atoms. The third kappa shape index (κ3) is 2.84. The lowest BCUT2D eigenvalue weighted by atomic mass is 10.1. The van der Waals surface area contributed by atoms with Crippen LogP contribution in [0.4, 0.5) is 0 Å². The van der Waals surface area contributed by atoms with Crippen molar-refractivity contribution in [1.29, 1.82) is 0 Å². The van der Waals surface area contributed by atoms with Gasteiger partial charge in [-0.3, -0.25) is 4.68 Å². The first-order valence-electron chi connectivity index (χ1n) is 6.06. The highest BCUT2D eigenvalue weighted by molar-refractivity contribution is 9.11. The van der Waals surface area contributed by atoms with Gasteiger partial charge in [-0.15, -0.1) is 11.3 Å². The van der Waals surface area contributed by atoms with Crippen LogP contribution < -0.4 is 5.73 Å². The predicted octanol–water partition coefficient (Wildman–Crippen LogP) is 3.59. The fraction of sp³-hybridized carbons (Fsp3) is 0.462. The van der Waals surface area contributed by atoms with Crippen LogP contribution in [0.1, 0.15) is 34.8 Å². The Bertz CT molecular complexity index is 525. The van der Waals surface area contributed by atoms with Gasteiger partial charge in [0.05, 0.1) is 9.48 Å². The summed E-state index contributed by atoms with van der Waals surface area (Å²) in [6, 6.07) is 4.33. The summed E-state index contributed by atoms with van der Waals surface area (Å²) >= 11 is 5.27. The van der Waals surface area contributed by atoms with E-state index in [1.165, 1.54) is 19.9 Å². The normalized spacial score (nSPS) is 12.9. The zero-order valence-corrected chi connectivity index (χ0v) is 13.3. The molecule has 0 saturated carbocycles. The maximum Gasteiger partial charge on any atom is 0.0731 e. The smallest absolute Gasteiger partial charge is 0.0731 e. The van der Waals surface area contributed by atoms with E-state index in [2.05, 4.69) is 47.0 Å². The van der Waals surface area contributed by atoms with Crippen molar-refractivity contribution in [2.75, 3.05) is 0 Å². The van der Waals surface area contributed by atoms with Gasteiger partial charge in [0, 0.05) is 29.6 Å². The van der Waals surface area contributed by atoms with Crippen molar-refractivity contribution in [3.8, 4) is 0 Å². The number of aromatic nitrogens is 2. The molecule has 0 aliphatic carbocycles. The molecule has 2 heterocycles. The highest BCUT2D eigenvalue weighted by Crippen LogP contribution is 2.31. The van der Waals surface area contributed by atoms with E-state index in [0.29, 0.717) is 0 Å². The summed E-state index contributed by atoms with van der Waals surface area (Å²) in [5.41, 5.74) is 9.82. The highest BCUT2D eigenvalue weighted by Gasteiger charge is 2.14. The number of thiophene rings is 1. The highest BCUT2D eigenvalue weighted by atomic mass is 79.9. The maximum atomic E-state index is 6.29. The molecule has 0 aliphatic rings. The Morgan fingerprint density at radius 3 is 2.72 bits per heavy atom. The molecule has 98 valence electrons. The molecule has 0 saturated heterocycles. The molecule has 0 fully saturated rings. The predicted molar refractivity (Wildman–Crippen MR) is 80.0 cm³/mol. The number of nitrogens with zero attached hydrogens (tertiary/aromatic N) is 2. The third-order valence-electron chi connectivity index (χ3n) is 2.96. The molecule has 2 N–H and O–H groups in total. The molecule has 0 aliphatic heterocycles. The summed E-state index contributed by atoms with van der Waals surface area (Å²) in [4.78, 5) is 1.22. The van der Waals surface area contributed by atoms with Gasteiger partial charge in [-0.25, -0.2) is 0 Å². The second kappa shape index (κ2) is 5.55. The summed E-state index contributed by atoms with van der Waals surface area (Å²) in [5.74, 6) is 0. The Kier molecular flexibility index (Phi) is 4.25. The number of rotatable bonds is 4. The second-order valence-corrected chi connectivity index (χ2v) is 6.91. The topological polar surface area (TPSA) is 43.8 Å². The molecular formula is C13H18BrN3S. The first-order chi connectivity index (χ1) is 8.51. The molecule has 0 aromatic carbocycles. The summed E-state index contributed by atoms with van der Waals surface area (Å²) in [5, 5.41) is 4.45. The largest absolute Gasteiger partial charge is 0.323 e. The lowest BCUT2D eigenvalue weighted by Crippen LogP contribution is -2.15. The Labute approximate surface area is 120 Å². The number of halogens is 1.